The molecule has 0 radical (unpaired) electrons. The molecule has 1 heterocycles. The Hall–Kier alpha value is -1.88. The van der Waals surface area contributed by atoms with Crippen LogP contribution in [-0.4, -0.2) is 24.0 Å². The summed E-state index contributed by atoms with van der Waals surface area (Å²) in [6.07, 6.45) is 2.01. The van der Waals surface area contributed by atoms with E-state index in [-0.39, 0.29) is 5.91 Å². The molecule has 0 aliphatic carbocycles. The van der Waals surface area contributed by atoms with E-state index < -0.39 is 0 Å². The third-order valence-corrected chi connectivity index (χ3v) is 3.98. The van der Waals surface area contributed by atoms with Crippen molar-refractivity contribution in [2.75, 3.05) is 18.1 Å². The summed E-state index contributed by atoms with van der Waals surface area (Å²) < 4.78 is 6.63. The quantitative estimate of drug-likeness (QED) is 0.755. The molecule has 0 atom stereocenters. The van der Waals surface area contributed by atoms with Crippen LogP contribution in [0.2, 0.25) is 0 Å². The summed E-state index contributed by atoms with van der Waals surface area (Å²) in [6.45, 7) is 6.93. The second-order valence-electron chi connectivity index (χ2n) is 5.34. The molecule has 23 heavy (non-hydrogen) atoms. The first-order valence-electron chi connectivity index (χ1n) is 7.63. The van der Waals surface area contributed by atoms with Gasteiger partial charge in [-0.05, 0) is 60.5 Å². The predicted octanol–water partition coefficient (Wildman–Crippen LogP) is 4.28. The monoisotopic (exact) mass is 376 g/mol. The molecule has 0 spiro atoms. The normalized spacial score (nSPS) is 10.4. The second kappa shape index (κ2) is 8.11. The van der Waals surface area contributed by atoms with Crippen molar-refractivity contribution in [2.45, 2.75) is 27.2 Å². The van der Waals surface area contributed by atoms with Gasteiger partial charge in [-0.2, -0.15) is 0 Å². The van der Waals surface area contributed by atoms with Gasteiger partial charge in [0.2, 0.25) is 5.91 Å². The highest BCUT2D eigenvalue weighted by Crippen LogP contribution is 2.19. The smallest absolute Gasteiger partial charge is 0.231 e. The number of anilines is 1. The zero-order valence-corrected chi connectivity index (χ0v) is 15.3. The van der Waals surface area contributed by atoms with Crippen molar-refractivity contribution >= 4 is 27.7 Å². The van der Waals surface area contributed by atoms with Crippen molar-refractivity contribution in [3.63, 3.8) is 0 Å². The SMILES string of the molecule is CCN(C(=O)CCOc1ccc(C)cc1C)c1ccc(Br)cn1. The molecule has 0 unspecified atom stereocenters. The van der Waals surface area contributed by atoms with Crippen LogP contribution in [0.15, 0.2) is 41.0 Å². The highest BCUT2D eigenvalue weighted by molar-refractivity contribution is 9.10. The summed E-state index contributed by atoms with van der Waals surface area (Å²) >= 11 is 3.35. The number of carbonyl (C=O) groups excluding carboxylic acids is 1. The first kappa shape index (κ1) is 17.5. The van der Waals surface area contributed by atoms with Crippen LogP contribution in [0.1, 0.15) is 24.5 Å². The minimum absolute atomic E-state index is 0.00656. The average Bonchev–Trinajstić information content (AvgIpc) is 2.52. The molecule has 5 heteroatoms. The van der Waals surface area contributed by atoms with Gasteiger partial charge in [-0.25, -0.2) is 4.98 Å². The largest absolute Gasteiger partial charge is 0.493 e. The van der Waals surface area contributed by atoms with Gasteiger partial charge in [0.05, 0.1) is 13.0 Å². The minimum atomic E-state index is 0.00656. The van der Waals surface area contributed by atoms with Crippen LogP contribution in [0.3, 0.4) is 0 Å². The number of carbonyl (C=O) groups is 1. The van der Waals surface area contributed by atoms with E-state index in [1.54, 1.807) is 11.1 Å². The van der Waals surface area contributed by atoms with E-state index in [1.807, 2.05) is 45.0 Å². The first-order valence-corrected chi connectivity index (χ1v) is 8.42. The van der Waals surface area contributed by atoms with Crippen molar-refractivity contribution in [2.24, 2.45) is 0 Å². The number of aromatic nitrogens is 1. The number of pyridine rings is 1. The first-order chi connectivity index (χ1) is 11.0. The summed E-state index contributed by atoms with van der Waals surface area (Å²) in [5.41, 5.74) is 2.28. The predicted molar refractivity (Wildman–Crippen MR) is 96.0 cm³/mol. The van der Waals surface area contributed by atoms with E-state index in [0.717, 1.165) is 15.8 Å². The molecule has 122 valence electrons. The van der Waals surface area contributed by atoms with Gasteiger partial charge in [0.25, 0.3) is 0 Å². The number of hydrogen-bond donors (Lipinski definition) is 0. The summed E-state index contributed by atoms with van der Waals surface area (Å²) in [4.78, 5) is 18.3. The van der Waals surface area contributed by atoms with Crippen LogP contribution < -0.4 is 9.64 Å². The van der Waals surface area contributed by atoms with Crippen molar-refractivity contribution in [1.29, 1.82) is 0 Å². The third kappa shape index (κ3) is 4.79. The van der Waals surface area contributed by atoms with Gasteiger partial charge in [-0.15, -0.1) is 0 Å². The molecule has 0 saturated heterocycles. The van der Waals surface area contributed by atoms with Gasteiger partial charge in [0.15, 0.2) is 0 Å². The fourth-order valence-electron chi connectivity index (χ4n) is 2.34. The van der Waals surface area contributed by atoms with Crippen LogP contribution in [-0.2, 0) is 4.79 Å². The summed E-state index contributed by atoms with van der Waals surface area (Å²) in [7, 11) is 0. The lowest BCUT2D eigenvalue weighted by Crippen LogP contribution is -2.32. The van der Waals surface area contributed by atoms with E-state index in [1.165, 1.54) is 5.56 Å². The number of aryl methyl sites for hydroxylation is 2. The maximum atomic E-state index is 12.4. The molecular formula is C18H21BrN2O2. The van der Waals surface area contributed by atoms with Crippen LogP contribution >= 0.6 is 15.9 Å². The van der Waals surface area contributed by atoms with E-state index in [2.05, 4.69) is 27.0 Å². The Morgan fingerprint density at radius 1 is 1.26 bits per heavy atom. The van der Waals surface area contributed by atoms with E-state index in [0.29, 0.717) is 25.4 Å². The van der Waals surface area contributed by atoms with Gasteiger partial charge >= 0.3 is 0 Å². The van der Waals surface area contributed by atoms with Gasteiger partial charge in [-0.3, -0.25) is 9.69 Å². The van der Waals surface area contributed by atoms with Gasteiger partial charge in [0.1, 0.15) is 11.6 Å². The maximum Gasteiger partial charge on any atom is 0.231 e. The maximum absolute atomic E-state index is 12.4. The molecule has 1 amide bonds. The van der Waals surface area contributed by atoms with Crippen LogP contribution in [0.5, 0.6) is 5.75 Å². The van der Waals surface area contributed by atoms with Gasteiger partial charge in [-0.1, -0.05) is 17.7 Å². The number of hydrogen-bond acceptors (Lipinski definition) is 3. The molecule has 4 nitrogen and oxygen atoms in total. The Labute approximate surface area is 145 Å². The molecule has 0 aliphatic rings. The summed E-state index contributed by atoms with van der Waals surface area (Å²) in [5.74, 6) is 1.49. The molecular weight excluding hydrogens is 356 g/mol. The molecule has 2 aromatic rings. The van der Waals surface area contributed by atoms with Crippen molar-refractivity contribution in [3.05, 3.63) is 52.1 Å². The van der Waals surface area contributed by atoms with E-state index in [9.17, 15) is 4.79 Å². The topological polar surface area (TPSA) is 42.4 Å². The second-order valence-corrected chi connectivity index (χ2v) is 6.26. The highest BCUT2D eigenvalue weighted by atomic mass is 79.9. The molecule has 0 N–H and O–H groups in total. The van der Waals surface area contributed by atoms with E-state index >= 15 is 0 Å². The van der Waals surface area contributed by atoms with Crippen LogP contribution in [0.4, 0.5) is 5.82 Å². The lowest BCUT2D eigenvalue weighted by Gasteiger charge is -2.20. The Bertz CT molecular complexity index is 671. The lowest BCUT2D eigenvalue weighted by molar-refractivity contribution is -0.119. The standard InChI is InChI=1S/C18H21BrN2O2/c1-4-21(17-8-6-15(19)12-20-17)18(22)9-10-23-16-7-5-13(2)11-14(16)3/h5-8,11-12H,4,9-10H2,1-3H3. The van der Waals surface area contributed by atoms with Gasteiger partial charge < -0.3 is 4.74 Å². The molecule has 0 fully saturated rings. The highest BCUT2D eigenvalue weighted by Gasteiger charge is 2.15. The Morgan fingerprint density at radius 3 is 2.65 bits per heavy atom. The average molecular weight is 377 g/mol. The third-order valence-electron chi connectivity index (χ3n) is 3.51. The molecule has 0 saturated carbocycles. The lowest BCUT2D eigenvalue weighted by atomic mass is 10.1. The summed E-state index contributed by atoms with van der Waals surface area (Å²) in [5, 5.41) is 0. The number of halogens is 1. The van der Waals surface area contributed by atoms with Crippen molar-refractivity contribution in [3.8, 4) is 5.75 Å². The van der Waals surface area contributed by atoms with Crippen molar-refractivity contribution in [1.82, 2.24) is 4.98 Å². The van der Waals surface area contributed by atoms with Crippen molar-refractivity contribution < 1.29 is 9.53 Å². The molecule has 2 rings (SSSR count). The van der Waals surface area contributed by atoms with Gasteiger partial charge in [0, 0.05) is 17.2 Å². The molecule has 1 aromatic heterocycles. The zero-order chi connectivity index (χ0) is 16.8. The number of amides is 1. The van der Waals surface area contributed by atoms with E-state index in [4.69, 9.17) is 4.74 Å². The van der Waals surface area contributed by atoms with Crippen LogP contribution in [0, 0.1) is 13.8 Å². The number of ether oxygens (including phenoxy) is 1. The Balaban J connectivity index is 1.93. The Kier molecular flexibility index (Phi) is 6.16. The fraction of sp³-hybridized carbons (Fsp3) is 0.333. The molecule has 0 bridgehead atoms. The number of rotatable bonds is 6. The Morgan fingerprint density at radius 2 is 2.04 bits per heavy atom. The zero-order valence-electron chi connectivity index (χ0n) is 13.7. The summed E-state index contributed by atoms with van der Waals surface area (Å²) in [6, 6.07) is 9.74. The molecule has 0 aliphatic heterocycles. The van der Waals surface area contributed by atoms with Crippen LogP contribution in [0.25, 0.3) is 0 Å². The minimum Gasteiger partial charge on any atom is -0.493 e. The number of nitrogens with zero attached hydrogens (tertiary/aromatic N) is 2. The molecule has 1 aromatic carbocycles. The fourth-order valence-corrected chi connectivity index (χ4v) is 2.57. The number of benzene rings is 1.